The Balaban J connectivity index is 0.867. The summed E-state index contributed by atoms with van der Waals surface area (Å²) in [6, 6.07) is 27.0. The monoisotopic (exact) mass is 670 g/mol. The fraction of sp³-hybridized carbons (Fsp3) is 0.205. The number of oxime groups is 1. The van der Waals surface area contributed by atoms with Crippen LogP contribution in [0, 0.1) is 5.82 Å². The van der Waals surface area contributed by atoms with Gasteiger partial charge in [-0.2, -0.15) is 5.10 Å². The van der Waals surface area contributed by atoms with Gasteiger partial charge in [-0.1, -0.05) is 78.7 Å². The van der Waals surface area contributed by atoms with Gasteiger partial charge in [0.15, 0.2) is 5.88 Å². The molecule has 11 heteroatoms. The molecular formula is C39H35FN6O4. The molecule has 0 fully saturated rings. The molecule has 0 bridgehead atoms. The molecule has 4 aromatic carbocycles. The molecule has 0 aliphatic carbocycles. The number of benzene rings is 4. The van der Waals surface area contributed by atoms with Crippen molar-refractivity contribution in [2.45, 2.75) is 38.5 Å². The van der Waals surface area contributed by atoms with Crippen LogP contribution >= 0.6 is 0 Å². The molecule has 0 saturated carbocycles. The van der Waals surface area contributed by atoms with Crippen molar-refractivity contribution in [1.29, 1.82) is 0 Å². The predicted octanol–water partition coefficient (Wildman–Crippen LogP) is 7.08. The molecule has 0 saturated heterocycles. The third kappa shape index (κ3) is 6.75. The normalized spacial score (nSPS) is 13.1. The van der Waals surface area contributed by atoms with Crippen molar-refractivity contribution < 1.29 is 19.1 Å². The summed E-state index contributed by atoms with van der Waals surface area (Å²) in [5.74, 6) is -1.02. The zero-order chi connectivity index (χ0) is 34.5. The van der Waals surface area contributed by atoms with Gasteiger partial charge in [0, 0.05) is 34.8 Å². The van der Waals surface area contributed by atoms with Crippen molar-refractivity contribution in [3.63, 3.8) is 0 Å². The minimum absolute atomic E-state index is 0.0204. The van der Waals surface area contributed by atoms with E-state index in [2.05, 4.69) is 25.7 Å². The molecule has 50 heavy (non-hydrogen) atoms. The molecule has 4 N–H and O–H groups in total. The van der Waals surface area contributed by atoms with E-state index < -0.39 is 11.7 Å². The molecule has 10 nitrogen and oxygen atoms in total. The fourth-order valence-electron chi connectivity index (χ4n) is 6.29. The average Bonchev–Trinajstić information content (AvgIpc) is 3.66. The molecule has 0 spiro atoms. The highest BCUT2D eigenvalue weighted by Gasteiger charge is 2.29. The summed E-state index contributed by atoms with van der Waals surface area (Å²) in [5, 5.41) is 26.8. The molecular weight excluding hydrogens is 635 g/mol. The van der Waals surface area contributed by atoms with E-state index in [-0.39, 0.29) is 17.0 Å². The lowest BCUT2D eigenvalue weighted by Crippen LogP contribution is -2.25. The Bertz CT molecular complexity index is 2330. The maximum absolute atomic E-state index is 14.6. The van der Waals surface area contributed by atoms with Gasteiger partial charge >= 0.3 is 0 Å². The van der Waals surface area contributed by atoms with E-state index in [1.165, 1.54) is 12.1 Å². The molecule has 2 aromatic heterocycles. The third-order valence-corrected chi connectivity index (χ3v) is 8.81. The molecule has 6 aromatic rings. The van der Waals surface area contributed by atoms with Crippen LogP contribution in [0.5, 0.6) is 5.88 Å². The van der Waals surface area contributed by atoms with Crippen LogP contribution in [0.15, 0.2) is 106 Å². The molecule has 1 aliphatic rings. The highest BCUT2D eigenvalue weighted by Crippen LogP contribution is 2.35. The van der Waals surface area contributed by atoms with Crippen LogP contribution in [0.3, 0.4) is 0 Å². The number of nitrogens with one attached hydrogen (secondary N) is 3. The maximum atomic E-state index is 14.6. The van der Waals surface area contributed by atoms with Crippen LogP contribution in [0.1, 0.15) is 64.8 Å². The number of fused-ring (bicyclic) bond motifs is 3. The van der Waals surface area contributed by atoms with E-state index in [0.717, 1.165) is 59.6 Å². The van der Waals surface area contributed by atoms with Gasteiger partial charge in [-0.05, 0) is 55.2 Å². The summed E-state index contributed by atoms with van der Waals surface area (Å²) in [7, 11) is 0. The molecule has 1 aliphatic heterocycles. The summed E-state index contributed by atoms with van der Waals surface area (Å²) in [6.07, 6.45) is 4.65. The fourth-order valence-corrected chi connectivity index (χ4v) is 6.29. The van der Waals surface area contributed by atoms with Crippen LogP contribution in [-0.4, -0.2) is 50.8 Å². The van der Waals surface area contributed by atoms with Gasteiger partial charge in [0.05, 0.1) is 27.9 Å². The standard InChI is InChI=1S/C39H35FN6O4/c40-30-19-18-24(23-33-25-12-4-5-13-26(25)38(48)45-44-33)22-29(30)37(47)41-20-10-2-1-3-11-21-50-46-35-28-15-7-9-17-32(28)42-36(35)34-27-14-6-8-16-31(27)43-39(34)49/h4-9,12-19,22,43,49H,1-3,10-11,20-21,23H2,(H,41,47)(H,45,48)/b46-35+. The highest BCUT2D eigenvalue weighted by atomic mass is 19.1. The van der Waals surface area contributed by atoms with Gasteiger partial charge < -0.3 is 20.2 Å². The summed E-state index contributed by atoms with van der Waals surface area (Å²) >= 11 is 0. The van der Waals surface area contributed by atoms with Crippen LogP contribution in [0.2, 0.25) is 0 Å². The number of aromatic nitrogens is 3. The molecule has 252 valence electrons. The molecule has 7 rings (SSSR count). The first kappa shape index (κ1) is 32.4. The predicted molar refractivity (Wildman–Crippen MR) is 192 cm³/mol. The minimum atomic E-state index is -0.591. The number of aromatic hydroxyl groups is 1. The average molecular weight is 671 g/mol. The Morgan fingerprint density at radius 1 is 0.880 bits per heavy atom. The van der Waals surface area contributed by atoms with Gasteiger partial charge in [-0.25, -0.2) is 14.5 Å². The number of unbranched alkanes of at least 4 members (excludes halogenated alkanes) is 4. The number of hydrogen-bond donors (Lipinski definition) is 4. The first-order chi connectivity index (χ1) is 24.5. The highest BCUT2D eigenvalue weighted by molar-refractivity contribution is 6.58. The molecule has 0 atom stereocenters. The number of hydrogen-bond acceptors (Lipinski definition) is 7. The van der Waals surface area contributed by atoms with E-state index in [4.69, 9.17) is 9.83 Å². The van der Waals surface area contributed by atoms with Crippen molar-refractivity contribution in [3.8, 4) is 5.88 Å². The number of amides is 1. The van der Waals surface area contributed by atoms with Crippen molar-refractivity contribution >= 4 is 44.7 Å². The Morgan fingerprint density at radius 2 is 1.62 bits per heavy atom. The number of halogens is 1. The summed E-state index contributed by atoms with van der Waals surface area (Å²) in [4.78, 5) is 38.5. The van der Waals surface area contributed by atoms with E-state index in [1.54, 1.807) is 18.2 Å². The van der Waals surface area contributed by atoms with Crippen molar-refractivity contribution in [2.24, 2.45) is 10.1 Å². The van der Waals surface area contributed by atoms with Gasteiger partial charge in [-0.15, -0.1) is 0 Å². The number of aliphatic imine (C=N–C) groups is 1. The quantitative estimate of drug-likeness (QED) is 0.0767. The number of para-hydroxylation sites is 2. The van der Waals surface area contributed by atoms with Gasteiger partial charge in [0.2, 0.25) is 0 Å². The number of nitrogens with zero attached hydrogens (tertiary/aromatic N) is 3. The lowest BCUT2D eigenvalue weighted by molar-refractivity contribution is 0.0948. The number of carbonyl (C=O) groups excluding carboxylic acids is 1. The van der Waals surface area contributed by atoms with Gasteiger partial charge in [0.1, 0.15) is 23.8 Å². The zero-order valence-corrected chi connectivity index (χ0v) is 27.2. The second kappa shape index (κ2) is 14.6. The van der Waals surface area contributed by atoms with E-state index >= 15 is 0 Å². The first-order valence-corrected chi connectivity index (χ1v) is 16.7. The van der Waals surface area contributed by atoms with Crippen molar-refractivity contribution in [1.82, 2.24) is 20.5 Å². The number of carbonyl (C=O) groups is 1. The first-order valence-electron chi connectivity index (χ1n) is 16.7. The molecule has 0 radical (unpaired) electrons. The molecule has 0 unspecified atom stereocenters. The third-order valence-electron chi connectivity index (χ3n) is 8.81. The minimum Gasteiger partial charge on any atom is -0.494 e. The van der Waals surface area contributed by atoms with Crippen LogP contribution in [-0.2, 0) is 11.3 Å². The zero-order valence-electron chi connectivity index (χ0n) is 27.2. The molecule has 1 amide bonds. The summed E-state index contributed by atoms with van der Waals surface area (Å²) < 4.78 is 14.6. The van der Waals surface area contributed by atoms with Gasteiger partial charge in [0.25, 0.3) is 11.5 Å². The Morgan fingerprint density at radius 3 is 2.50 bits per heavy atom. The topological polar surface area (TPSA) is 145 Å². The van der Waals surface area contributed by atoms with Crippen molar-refractivity contribution in [2.75, 3.05) is 13.2 Å². The lowest BCUT2D eigenvalue weighted by atomic mass is 10.0. The summed E-state index contributed by atoms with van der Waals surface area (Å²) in [5.41, 5.74) is 5.24. The number of rotatable bonds is 13. The smallest absolute Gasteiger partial charge is 0.272 e. The second-order valence-electron chi connectivity index (χ2n) is 12.2. The Hall–Kier alpha value is -6.10. The van der Waals surface area contributed by atoms with Crippen LogP contribution in [0.4, 0.5) is 10.1 Å². The molecule has 3 heterocycles. The van der Waals surface area contributed by atoms with Crippen LogP contribution in [0.25, 0.3) is 21.7 Å². The Labute approximate surface area is 286 Å². The number of aromatic amines is 2. The van der Waals surface area contributed by atoms with Crippen LogP contribution < -0.4 is 10.9 Å². The second-order valence-corrected chi connectivity index (χ2v) is 12.2. The Kier molecular flexibility index (Phi) is 9.45. The van der Waals surface area contributed by atoms with Crippen molar-refractivity contribution in [3.05, 3.63) is 135 Å². The number of H-pyrrole nitrogens is 2. The van der Waals surface area contributed by atoms with Gasteiger partial charge in [-0.3, -0.25) is 9.59 Å². The summed E-state index contributed by atoms with van der Waals surface area (Å²) in [6.45, 7) is 0.858. The lowest BCUT2D eigenvalue weighted by Gasteiger charge is -2.09. The largest absolute Gasteiger partial charge is 0.494 e. The SMILES string of the molecule is O=C(NCCCCCCCO/N=C1/C(c2c(O)[nH]c3ccccc23)=Nc2ccccc21)c1cc(Cc2n[nH]c(=O)c3ccccc23)ccc1F. The van der Waals surface area contributed by atoms with E-state index in [9.17, 15) is 19.1 Å². The maximum Gasteiger partial charge on any atom is 0.272 e. The van der Waals surface area contributed by atoms with E-state index in [0.29, 0.717) is 53.2 Å². The van der Waals surface area contributed by atoms with E-state index in [1.807, 2.05) is 60.7 Å².